The molecule has 240 valence electrons. The summed E-state index contributed by atoms with van der Waals surface area (Å²) in [6.45, 7) is 2.17. The Hall–Kier alpha value is -4.47. The van der Waals surface area contributed by atoms with Gasteiger partial charge in [-0.25, -0.2) is 13.6 Å². The highest BCUT2D eigenvalue weighted by Crippen LogP contribution is 2.30. The van der Waals surface area contributed by atoms with Crippen LogP contribution in [0.1, 0.15) is 87.1 Å². The van der Waals surface area contributed by atoms with Gasteiger partial charge in [-0.05, 0) is 80.1 Å². The van der Waals surface area contributed by atoms with Crippen molar-refractivity contribution >= 4 is 23.5 Å². The number of rotatable bonds is 15. The Kier molecular flexibility index (Phi) is 12.3. The van der Waals surface area contributed by atoms with Gasteiger partial charge >= 0.3 is 5.97 Å². The number of anilines is 1. The van der Waals surface area contributed by atoms with Crippen LogP contribution in [0.4, 0.5) is 14.5 Å². The maximum absolute atomic E-state index is 14.9. The Bertz CT molecular complexity index is 1450. The second kappa shape index (κ2) is 16.6. The van der Waals surface area contributed by atoms with Gasteiger partial charge in [0.2, 0.25) is 11.8 Å². The van der Waals surface area contributed by atoms with Crippen molar-refractivity contribution in [2.75, 3.05) is 5.32 Å². The van der Waals surface area contributed by atoms with Crippen molar-refractivity contribution in [2.24, 2.45) is 0 Å². The van der Waals surface area contributed by atoms with Crippen LogP contribution in [-0.4, -0.2) is 35.0 Å². The molecule has 0 atom stereocenters. The van der Waals surface area contributed by atoms with Gasteiger partial charge in [-0.3, -0.25) is 9.59 Å². The van der Waals surface area contributed by atoms with Gasteiger partial charge in [-0.2, -0.15) is 0 Å². The Morgan fingerprint density at radius 1 is 0.844 bits per heavy atom. The first kappa shape index (κ1) is 33.4. The molecular formula is C35H40F2N2O6. The minimum Gasteiger partial charge on any atom is -0.487 e. The molecule has 0 aromatic heterocycles. The second-order valence-corrected chi connectivity index (χ2v) is 11.4. The number of carboxylic acid groups (broad SMARTS) is 1. The molecule has 0 bridgehead atoms. The molecule has 3 aromatic carbocycles. The standard InChI is InChI=1S/C35H40F2N2O6/c1-2-3-4-5-6-7-33(40)38-25-11-15-27(16-12-25)45-32-19-17-28(22-30(32)37)44-26-13-8-23(9-14-26)20-34(41)39-31-18-10-24(36)21-29(31)35(42)43/h8-10,13-14,17-19,21-22,25,27H,2-7,11-12,15-16,20H2,1H3,(H,38,40)(H,39,41)(H,42,43). The van der Waals surface area contributed by atoms with E-state index >= 15 is 0 Å². The van der Waals surface area contributed by atoms with Crippen LogP contribution in [-0.2, 0) is 16.0 Å². The van der Waals surface area contributed by atoms with Gasteiger partial charge in [0, 0.05) is 18.5 Å². The number of carbonyl (C=O) groups excluding carboxylic acids is 2. The zero-order valence-corrected chi connectivity index (χ0v) is 25.5. The number of hydrogen-bond donors (Lipinski definition) is 3. The lowest BCUT2D eigenvalue weighted by molar-refractivity contribution is -0.122. The molecule has 0 heterocycles. The van der Waals surface area contributed by atoms with Crippen LogP contribution in [0.15, 0.2) is 60.7 Å². The van der Waals surface area contributed by atoms with Crippen LogP contribution < -0.4 is 20.1 Å². The molecule has 0 aliphatic heterocycles. The zero-order valence-electron chi connectivity index (χ0n) is 25.5. The monoisotopic (exact) mass is 622 g/mol. The molecule has 8 nitrogen and oxygen atoms in total. The maximum Gasteiger partial charge on any atom is 0.337 e. The van der Waals surface area contributed by atoms with Gasteiger partial charge < -0.3 is 25.2 Å². The van der Waals surface area contributed by atoms with Crippen LogP contribution in [0, 0.1) is 11.6 Å². The fraction of sp³-hybridized carbons (Fsp3) is 0.400. The molecule has 3 aromatic rings. The molecule has 1 fully saturated rings. The number of carbonyl (C=O) groups is 3. The summed E-state index contributed by atoms with van der Waals surface area (Å²) in [6, 6.07) is 14.3. The van der Waals surface area contributed by atoms with Crippen LogP contribution >= 0.6 is 0 Å². The summed E-state index contributed by atoms with van der Waals surface area (Å²) in [5, 5.41) is 14.9. The Morgan fingerprint density at radius 2 is 1.56 bits per heavy atom. The summed E-state index contributed by atoms with van der Waals surface area (Å²) in [5.41, 5.74) is 0.293. The van der Waals surface area contributed by atoms with E-state index in [4.69, 9.17) is 9.47 Å². The average molecular weight is 623 g/mol. The van der Waals surface area contributed by atoms with Crippen molar-refractivity contribution in [2.45, 2.75) is 89.7 Å². The number of amides is 2. The van der Waals surface area contributed by atoms with E-state index in [1.54, 1.807) is 30.3 Å². The quantitative estimate of drug-likeness (QED) is 0.149. The zero-order chi connectivity index (χ0) is 32.2. The topological polar surface area (TPSA) is 114 Å². The van der Waals surface area contributed by atoms with Gasteiger partial charge in [-0.1, -0.05) is 44.7 Å². The molecule has 2 amide bonds. The van der Waals surface area contributed by atoms with E-state index in [1.807, 2.05) is 0 Å². The Balaban J connectivity index is 1.21. The number of hydrogen-bond acceptors (Lipinski definition) is 5. The number of unbranched alkanes of at least 4 members (excludes halogenated alkanes) is 4. The summed E-state index contributed by atoms with van der Waals surface area (Å²) >= 11 is 0. The van der Waals surface area contributed by atoms with E-state index in [-0.39, 0.29) is 47.2 Å². The fourth-order valence-corrected chi connectivity index (χ4v) is 5.33. The SMILES string of the molecule is CCCCCCCC(=O)NC1CCC(Oc2ccc(Oc3ccc(CC(=O)Nc4ccc(F)cc4C(=O)O)cc3)cc2F)CC1. The highest BCUT2D eigenvalue weighted by molar-refractivity contribution is 6.01. The lowest BCUT2D eigenvalue weighted by Crippen LogP contribution is -2.39. The predicted molar refractivity (Wildman–Crippen MR) is 167 cm³/mol. The average Bonchev–Trinajstić information content (AvgIpc) is 3.01. The summed E-state index contributed by atoms with van der Waals surface area (Å²) < 4.78 is 40.0. The van der Waals surface area contributed by atoms with Gasteiger partial charge in [0.15, 0.2) is 11.6 Å². The van der Waals surface area contributed by atoms with E-state index in [1.165, 1.54) is 37.5 Å². The number of halogens is 2. The van der Waals surface area contributed by atoms with Crippen molar-refractivity contribution in [3.63, 3.8) is 0 Å². The number of carboxylic acids is 1. The van der Waals surface area contributed by atoms with Crippen LogP contribution in [0.5, 0.6) is 17.2 Å². The Labute approximate surface area is 262 Å². The number of ether oxygens (including phenoxy) is 2. The van der Waals surface area contributed by atoms with Crippen LogP contribution in [0.25, 0.3) is 0 Å². The maximum atomic E-state index is 14.9. The molecule has 1 saturated carbocycles. The fourth-order valence-electron chi connectivity index (χ4n) is 5.33. The molecule has 0 radical (unpaired) electrons. The molecular weight excluding hydrogens is 582 g/mol. The number of benzene rings is 3. The van der Waals surface area contributed by atoms with E-state index in [0.29, 0.717) is 17.7 Å². The highest BCUT2D eigenvalue weighted by Gasteiger charge is 2.24. The molecule has 1 aliphatic carbocycles. The van der Waals surface area contributed by atoms with E-state index in [0.717, 1.165) is 50.7 Å². The van der Waals surface area contributed by atoms with E-state index in [9.17, 15) is 28.3 Å². The number of nitrogens with one attached hydrogen (secondary N) is 2. The second-order valence-electron chi connectivity index (χ2n) is 11.4. The summed E-state index contributed by atoms with van der Waals surface area (Å²) in [4.78, 5) is 36.0. The highest BCUT2D eigenvalue weighted by atomic mass is 19.1. The Morgan fingerprint density at radius 3 is 2.24 bits per heavy atom. The van der Waals surface area contributed by atoms with Gasteiger partial charge in [0.05, 0.1) is 23.8 Å². The van der Waals surface area contributed by atoms with Crippen molar-refractivity contribution in [3.8, 4) is 17.2 Å². The summed E-state index contributed by atoms with van der Waals surface area (Å²) in [5.74, 6) is -2.11. The molecule has 4 rings (SSSR count). The van der Waals surface area contributed by atoms with Crippen LogP contribution in [0.2, 0.25) is 0 Å². The number of aromatic carboxylic acids is 1. The molecule has 0 saturated heterocycles. The van der Waals surface area contributed by atoms with Crippen LogP contribution in [0.3, 0.4) is 0 Å². The minimum atomic E-state index is -1.35. The predicted octanol–water partition coefficient (Wildman–Crippen LogP) is 7.80. The smallest absolute Gasteiger partial charge is 0.337 e. The first-order chi connectivity index (χ1) is 21.7. The van der Waals surface area contributed by atoms with Gasteiger partial charge in [-0.15, -0.1) is 0 Å². The largest absolute Gasteiger partial charge is 0.487 e. The van der Waals surface area contributed by atoms with Gasteiger partial charge in [0.25, 0.3) is 0 Å². The van der Waals surface area contributed by atoms with Crippen molar-refractivity contribution in [1.82, 2.24) is 5.32 Å². The molecule has 10 heteroatoms. The lowest BCUT2D eigenvalue weighted by atomic mass is 9.92. The van der Waals surface area contributed by atoms with Gasteiger partial charge in [0.1, 0.15) is 17.3 Å². The first-order valence-electron chi connectivity index (χ1n) is 15.5. The third-order valence-electron chi connectivity index (χ3n) is 7.75. The molecule has 0 unspecified atom stereocenters. The van der Waals surface area contributed by atoms with Crippen molar-refractivity contribution in [3.05, 3.63) is 83.4 Å². The van der Waals surface area contributed by atoms with Crippen molar-refractivity contribution in [1.29, 1.82) is 0 Å². The molecule has 3 N–H and O–H groups in total. The summed E-state index contributed by atoms with van der Waals surface area (Å²) in [7, 11) is 0. The molecule has 1 aliphatic rings. The molecule has 45 heavy (non-hydrogen) atoms. The van der Waals surface area contributed by atoms with E-state index in [2.05, 4.69) is 17.6 Å². The molecule has 0 spiro atoms. The third kappa shape index (κ3) is 10.6. The first-order valence-corrected chi connectivity index (χ1v) is 15.5. The third-order valence-corrected chi connectivity index (χ3v) is 7.75. The van der Waals surface area contributed by atoms with E-state index < -0.39 is 23.5 Å². The summed E-state index contributed by atoms with van der Waals surface area (Å²) in [6.07, 6.45) is 9.01. The lowest BCUT2D eigenvalue weighted by Gasteiger charge is -2.29. The van der Waals surface area contributed by atoms with Crippen molar-refractivity contribution < 1.29 is 37.7 Å². The normalized spacial score (nSPS) is 16.1. The minimum absolute atomic E-state index is 0.00304.